The third-order valence-electron chi connectivity index (χ3n) is 1.61. The highest BCUT2D eigenvalue weighted by Gasteiger charge is 2.05. The van der Waals surface area contributed by atoms with Crippen molar-refractivity contribution in [2.45, 2.75) is 6.54 Å². The average Bonchev–Trinajstić information content (AvgIpc) is 2.75. The van der Waals surface area contributed by atoms with Gasteiger partial charge in [-0.25, -0.2) is 14.6 Å². The Morgan fingerprint density at radius 1 is 1.50 bits per heavy atom. The van der Waals surface area contributed by atoms with Crippen molar-refractivity contribution < 1.29 is 0 Å². The van der Waals surface area contributed by atoms with Crippen molar-refractivity contribution in [1.29, 1.82) is 0 Å². The maximum Gasteiger partial charge on any atom is 0.204 e. The molecule has 0 aliphatic carbocycles. The second-order valence-corrected chi connectivity index (χ2v) is 3.71. The van der Waals surface area contributed by atoms with Crippen molar-refractivity contribution in [3.8, 4) is 0 Å². The lowest BCUT2D eigenvalue weighted by atomic mass is 10.6. The molecule has 0 N–H and O–H groups in total. The highest BCUT2D eigenvalue weighted by molar-refractivity contribution is 7.09. The summed E-state index contributed by atoms with van der Waals surface area (Å²) in [4.78, 5) is 10.1. The molecule has 0 amide bonds. The molecule has 7 heteroatoms. The molecule has 2 aromatic rings. The van der Waals surface area contributed by atoms with Crippen LogP contribution in [-0.2, 0) is 6.54 Å². The van der Waals surface area contributed by atoms with E-state index in [2.05, 4.69) is 19.4 Å². The fourth-order valence-electron chi connectivity index (χ4n) is 0.950. The summed E-state index contributed by atoms with van der Waals surface area (Å²) >= 11 is 1.38. The molecule has 0 unspecified atom stereocenters. The van der Waals surface area contributed by atoms with Crippen LogP contribution in [0.15, 0.2) is 12.7 Å². The molecular formula is C7H10N6S. The van der Waals surface area contributed by atoms with Gasteiger partial charge in [0.2, 0.25) is 5.13 Å². The monoisotopic (exact) mass is 210 g/mol. The minimum absolute atomic E-state index is 0.574. The normalized spacial score (nSPS) is 10.4. The van der Waals surface area contributed by atoms with Crippen LogP contribution >= 0.6 is 11.5 Å². The number of aromatic nitrogens is 5. The second-order valence-electron chi connectivity index (χ2n) is 2.98. The largest absolute Gasteiger partial charge is 0.353 e. The molecule has 2 rings (SSSR count). The van der Waals surface area contributed by atoms with Gasteiger partial charge in [-0.2, -0.15) is 9.47 Å². The molecule has 0 bridgehead atoms. The summed E-state index contributed by atoms with van der Waals surface area (Å²) in [5.74, 6) is 0.768. The third kappa shape index (κ3) is 1.87. The maximum absolute atomic E-state index is 4.33. The number of anilines is 1. The quantitative estimate of drug-likeness (QED) is 0.726. The summed E-state index contributed by atoms with van der Waals surface area (Å²) in [5, 5.41) is 4.89. The predicted molar refractivity (Wildman–Crippen MR) is 53.4 cm³/mol. The zero-order valence-electron chi connectivity index (χ0n) is 7.95. The standard InChI is InChI=1S/C7H10N6S/c1-12(2)7-10-6(11-14-7)3-13-5-8-4-9-13/h4-5H,3H2,1-2H3. The summed E-state index contributed by atoms with van der Waals surface area (Å²) in [6, 6.07) is 0. The van der Waals surface area contributed by atoms with Gasteiger partial charge in [0, 0.05) is 25.6 Å². The zero-order chi connectivity index (χ0) is 9.97. The van der Waals surface area contributed by atoms with E-state index < -0.39 is 0 Å². The van der Waals surface area contributed by atoms with Crippen LogP contribution in [0.3, 0.4) is 0 Å². The summed E-state index contributed by atoms with van der Waals surface area (Å²) in [7, 11) is 3.89. The minimum Gasteiger partial charge on any atom is -0.353 e. The van der Waals surface area contributed by atoms with E-state index in [0.717, 1.165) is 11.0 Å². The highest BCUT2D eigenvalue weighted by atomic mass is 32.1. The van der Waals surface area contributed by atoms with E-state index >= 15 is 0 Å². The zero-order valence-corrected chi connectivity index (χ0v) is 8.77. The van der Waals surface area contributed by atoms with Crippen LogP contribution in [0, 0.1) is 0 Å². The molecule has 0 aromatic carbocycles. The van der Waals surface area contributed by atoms with Gasteiger partial charge in [0.15, 0.2) is 5.82 Å². The van der Waals surface area contributed by atoms with Crippen LogP contribution in [0.5, 0.6) is 0 Å². The van der Waals surface area contributed by atoms with Gasteiger partial charge in [-0.15, -0.1) is 0 Å². The van der Waals surface area contributed by atoms with Gasteiger partial charge in [0.05, 0.1) is 0 Å². The van der Waals surface area contributed by atoms with E-state index in [9.17, 15) is 0 Å². The van der Waals surface area contributed by atoms with Crippen LogP contribution in [-0.4, -0.2) is 38.2 Å². The first kappa shape index (κ1) is 9.07. The number of nitrogens with zero attached hydrogens (tertiary/aromatic N) is 6. The Balaban J connectivity index is 2.11. The van der Waals surface area contributed by atoms with E-state index in [4.69, 9.17) is 0 Å². The van der Waals surface area contributed by atoms with Crippen molar-refractivity contribution in [3.05, 3.63) is 18.5 Å². The third-order valence-corrected chi connectivity index (χ3v) is 2.53. The first-order valence-electron chi connectivity index (χ1n) is 4.08. The summed E-state index contributed by atoms with van der Waals surface area (Å²) in [6.07, 6.45) is 3.15. The minimum atomic E-state index is 0.574. The number of hydrogen-bond donors (Lipinski definition) is 0. The molecular weight excluding hydrogens is 200 g/mol. The van der Waals surface area contributed by atoms with Crippen LogP contribution in [0.1, 0.15) is 5.82 Å². The lowest BCUT2D eigenvalue weighted by molar-refractivity contribution is 0.661. The Morgan fingerprint density at radius 3 is 2.93 bits per heavy atom. The lowest BCUT2D eigenvalue weighted by Crippen LogP contribution is -2.08. The van der Waals surface area contributed by atoms with Crippen molar-refractivity contribution in [2.75, 3.05) is 19.0 Å². The van der Waals surface area contributed by atoms with E-state index in [1.54, 1.807) is 11.0 Å². The van der Waals surface area contributed by atoms with E-state index in [1.165, 1.54) is 17.9 Å². The Bertz CT molecular complexity index is 392. The molecule has 2 heterocycles. The Kier molecular flexibility index (Phi) is 2.40. The highest BCUT2D eigenvalue weighted by Crippen LogP contribution is 2.13. The summed E-state index contributed by atoms with van der Waals surface area (Å²) < 4.78 is 5.91. The first-order chi connectivity index (χ1) is 6.75. The topological polar surface area (TPSA) is 59.7 Å². The Morgan fingerprint density at radius 2 is 2.36 bits per heavy atom. The van der Waals surface area contributed by atoms with Crippen molar-refractivity contribution in [2.24, 2.45) is 0 Å². The molecule has 0 saturated carbocycles. The molecule has 0 radical (unpaired) electrons. The molecule has 0 spiro atoms. The van der Waals surface area contributed by atoms with E-state index in [0.29, 0.717) is 6.54 Å². The van der Waals surface area contributed by atoms with Gasteiger partial charge in [0.25, 0.3) is 0 Å². The molecule has 74 valence electrons. The van der Waals surface area contributed by atoms with Crippen molar-refractivity contribution in [3.63, 3.8) is 0 Å². The molecule has 0 aliphatic rings. The molecule has 0 aliphatic heterocycles. The molecule has 0 fully saturated rings. The van der Waals surface area contributed by atoms with Crippen molar-refractivity contribution >= 4 is 16.7 Å². The van der Waals surface area contributed by atoms with Crippen molar-refractivity contribution in [1.82, 2.24) is 24.1 Å². The molecule has 2 aromatic heterocycles. The molecule has 0 atom stereocenters. The second kappa shape index (κ2) is 3.70. The molecule has 6 nitrogen and oxygen atoms in total. The smallest absolute Gasteiger partial charge is 0.204 e. The Labute approximate surface area is 85.4 Å². The van der Waals surface area contributed by atoms with Gasteiger partial charge in [-0.1, -0.05) is 0 Å². The number of rotatable bonds is 3. The van der Waals surface area contributed by atoms with Gasteiger partial charge < -0.3 is 4.90 Å². The predicted octanol–water partition coefficient (Wildman–Crippen LogP) is 0.244. The van der Waals surface area contributed by atoms with Crippen LogP contribution in [0.4, 0.5) is 5.13 Å². The van der Waals surface area contributed by atoms with E-state index in [-0.39, 0.29) is 0 Å². The Hall–Kier alpha value is -1.50. The van der Waals surface area contributed by atoms with E-state index in [1.807, 2.05) is 19.0 Å². The SMILES string of the molecule is CN(C)c1nc(Cn2cncn2)ns1. The maximum atomic E-state index is 4.33. The molecule has 0 saturated heterocycles. The average molecular weight is 210 g/mol. The van der Waals surface area contributed by atoms with Crippen LogP contribution < -0.4 is 4.90 Å². The van der Waals surface area contributed by atoms with Crippen LogP contribution in [0.2, 0.25) is 0 Å². The van der Waals surface area contributed by atoms with Gasteiger partial charge in [0.1, 0.15) is 19.2 Å². The lowest BCUT2D eigenvalue weighted by Gasteiger charge is -2.04. The first-order valence-corrected chi connectivity index (χ1v) is 4.85. The number of hydrogen-bond acceptors (Lipinski definition) is 6. The fraction of sp³-hybridized carbons (Fsp3) is 0.429. The van der Waals surface area contributed by atoms with Gasteiger partial charge in [-0.05, 0) is 0 Å². The van der Waals surface area contributed by atoms with Crippen LogP contribution in [0.25, 0.3) is 0 Å². The van der Waals surface area contributed by atoms with Gasteiger partial charge >= 0.3 is 0 Å². The van der Waals surface area contributed by atoms with Gasteiger partial charge in [-0.3, -0.25) is 0 Å². The molecule has 14 heavy (non-hydrogen) atoms. The summed E-state index contributed by atoms with van der Waals surface area (Å²) in [6.45, 7) is 0.574. The summed E-state index contributed by atoms with van der Waals surface area (Å²) in [5.41, 5.74) is 0. The fourth-order valence-corrected chi connectivity index (χ4v) is 1.54.